The van der Waals surface area contributed by atoms with Crippen LogP contribution < -0.4 is 0 Å². The fourth-order valence-electron chi connectivity index (χ4n) is 2.00. The number of hydrogen-bond donors (Lipinski definition) is 0. The fourth-order valence-corrected chi connectivity index (χ4v) is 3.13. The van der Waals surface area contributed by atoms with Gasteiger partial charge in [0.25, 0.3) is 5.91 Å². The van der Waals surface area contributed by atoms with Gasteiger partial charge in [-0.25, -0.2) is 0 Å². The summed E-state index contributed by atoms with van der Waals surface area (Å²) in [5.41, 5.74) is 3.22. The van der Waals surface area contributed by atoms with Gasteiger partial charge in [0.15, 0.2) is 0 Å². The Morgan fingerprint density at radius 1 is 1.30 bits per heavy atom. The van der Waals surface area contributed by atoms with Crippen LogP contribution in [0.4, 0.5) is 0 Å². The van der Waals surface area contributed by atoms with Crippen molar-refractivity contribution in [1.82, 2.24) is 4.90 Å². The number of rotatable bonds is 4. The number of benzene rings is 1. The van der Waals surface area contributed by atoms with Gasteiger partial charge < -0.3 is 4.90 Å². The van der Waals surface area contributed by atoms with Crippen molar-refractivity contribution in [3.05, 3.63) is 56.2 Å². The summed E-state index contributed by atoms with van der Waals surface area (Å²) in [6.45, 7) is 4.99. The van der Waals surface area contributed by atoms with Gasteiger partial charge in [-0.05, 0) is 39.0 Å². The zero-order valence-electron chi connectivity index (χ0n) is 11.9. The molecular weight excluding hydrogens is 334 g/mol. The standard InChI is InChI=1S/C16H18BrNOS/c1-11(2)13-6-4-12(5-7-13)9-18(3)16(19)14-8-15(17)20-10-14/h4-8,10-11H,9H2,1-3H3. The van der Waals surface area contributed by atoms with Gasteiger partial charge >= 0.3 is 0 Å². The van der Waals surface area contributed by atoms with Gasteiger partial charge in [0, 0.05) is 19.0 Å². The molecule has 0 aliphatic rings. The zero-order valence-corrected chi connectivity index (χ0v) is 14.3. The highest BCUT2D eigenvalue weighted by molar-refractivity contribution is 9.11. The lowest BCUT2D eigenvalue weighted by molar-refractivity contribution is 0.0785. The maximum Gasteiger partial charge on any atom is 0.254 e. The van der Waals surface area contributed by atoms with Crippen molar-refractivity contribution in [3.63, 3.8) is 0 Å². The van der Waals surface area contributed by atoms with E-state index < -0.39 is 0 Å². The molecule has 0 radical (unpaired) electrons. The minimum Gasteiger partial charge on any atom is -0.337 e. The minimum absolute atomic E-state index is 0.0555. The summed E-state index contributed by atoms with van der Waals surface area (Å²) < 4.78 is 0.982. The topological polar surface area (TPSA) is 20.3 Å². The summed E-state index contributed by atoms with van der Waals surface area (Å²) in [4.78, 5) is 14.0. The molecule has 0 atom stereocenters. The predicted molar refractivity (Wildman–Crippen MR) is 88.3 cm³/mol. The van der Waals surface area contributed by atoms with Crippen LogP contribution >= 0.6 is 27.3 Å². The number of hydrogen-bond acceptors (Lipinski definition) is 2. The molecule has 0 aliphatic heterocycles. The van der Waals surface area contributed by atoms with E-state index >= 15 is 0 Å². The van der Waals surface area contributed by atoms with E-state index in [0.717, 1.165) is 14.9 Å². The second-order valence-corrected chi connectivity index (χ2v) is 7.49. The SMILES string of the molecule is CC(C)c1ccc(CN(C)C(=O)c2csc(Br)c2)cc1. The number of amides is 1. The van der Waals surface area contributed by atoms with Crippen molar-refractivity contribution in [1.29, 1.82) is 0 Å². The summed E-state index contributed by atoms with van der Waals surface area (Å²) in [5.74, 6) is 0.589. The quantitative estimate of drug-likeness (QED) is 0.766. The van der Waals surface area contributed by atoms with Crippen LogP contribution in [0.5, 0.6) is 0 Å². The highest BCUT2D eigenvalue weighted by Gasteiger charge is 2.13. The summed E-state index contributed by atoms with van der Waals surface area (Å²) >= 11 is 4.92. The largest absolute Gasteiger partial charge is 0.337 e. The second-order valence-electron chi connectivity index (χ2n) is 5.20. The van der Waals surface area contributed by atoms with Crippen LogP contribution in [0.2, 0.25) is 0 Å². The van der Waals surface area contributed by atoms with E-state index in [2.05, 4.69) is 54.0 Å². The van der Waals surface area contributed by atoms with Gasteiger partial charge in [-0.3, -0.25) is 4.79 Å². The maximum atomic E-state index is 12.2. The third-order valence-corrected chi connectivity index (χ3v) is 4.73. The lowest BCUT2D eigenvalue weighted by Crippen LogP contribution is -2.25. The van der Waals surface area contributed by atoms with E-state index in [4.69, 9.17) is 0 Å². The molecule has 2 aromatic rings. The summed E-state index contributed by atoms with van der Waals surface area (Å²) in [5, 5.41) is 1.88. The van der Waals surface area contributed by atoms with Crippen molar-refractivity contribution >= 4 is 33.2 Å². The van der Waals surface area contributed by atoms with Gasteiger partial charge in [-0.1, -0.05) is 38.1 Å². The number of carbonyl (C=O) groups is 1. The van der Waals surface area contributed by atoms with Gasteiger partial charge in [0.05, 0.1) is 9.35 Å². The third kappa shape index (κ3) is 3.70. The Labute approximate surface area is 132 Å². The molecule has 2 nitrogen and oxygen atoms in total. The Bertz CT molecular complexity index is 589. The van der Waals surface area contributed by atoms with Gasteiger partial charge in [0.2, 0.25) is 0 Å². The molecule has 1 heterocycles. The monoisotopic (exact) mass is 351 g/mol. The summed E-state index contributed by atoms with van der Waals surface area (Å²) in [6.07, 6.45) is 0. The van der Waals surface area contributed by atoms with Crippen LogP contribution in [0.25, 0.3) is 0 Å². The third-order valence-electron chi connectivity index (χ3n) is 3.23. The van der Waals surface area contributed by atoms with Crippen molar-refractivity contribution in [2.45, 2.75) is 26.3 Å². The maximum absolute atomic E-state index is 12.2. The average Bonchev–Trinajstić information content (AvgIpc) is 2.85. The number of thiophene rings is 1. The minimum atomic E-state index is 0.0555. The van der Waals surface area contributed by atoms with Crippen LogP contribution in [-0.2, 0) is 6.54 Å². The van der Waals surface area contributed by atoms with Crippen LogP contribution in [0.1, 0.15) is 41.3 Å². The molecule has 0 bridgehead atoms. The molecule has 106 valence electrons. The molecular formula is C16H18BrNOS. The molecule has 0 spiro atoms. The first-order valence-corrected chi connectivity index (χ1v) is 8.23. The predicted octanol–water partition coefficient (Wildman–Crippen LogP) is 4.91. The molecule has 0 unspecified atom stereocenters. The average molecular weight is 352 g/mol. The Balaban J connectivity index is 2.03. The summed E-state index contributed by atoms with van der Waals surface area (Å²) in [7, 11) is 1.84. The highest BCUT2D eigenvalue weighted by atomic mass is 79.9. The van der Waals surface area contributed by atoms with Gasteiger partial charge in [-0.2, -0.15) is 0 Å². The molecule has 1 aromatic heterocycles. The molecule has 1 aromatic carbocycles. The van der Waals surface area contributed by atoms with E-state index in [-0.39, 0.29) is 5.91 Å². The van der Waals surface area contributed by atoms with Gasteiger partial charge in [0.1, 0.15) is 0 Å². The second kappa shape index (κ2) is 6.55. The van der Waals surface area contributed by atoms with E-state index in [1.165, 1.54) is 16.9 Å². The molecule has 0 N–H and O–H groups in total. The van der Waals surface area contributed by atoms with Crippen molar-refractivity contribution in [3.8, 4) is 0 Å². The van der Waals surface area contributed by atoms with Crippen molar-refractivity contribution in [2.24, 2.45) is 0 Å². The molecule has 0 saturated heterocycles. The van der Waals surface area contributed by atoms with Crippen molar-refractivity contribution < 1.29 is 4.79 Å². The molecule has 20 heavy (non-hydrogen) atoms. The molecule has 2 rings (SSSR count). The van der Waals surface area contributed by atoms with Gasteiger partial charge in [-0.15, -0.1) is 11.3 Å². The Morgan fingerprint density at radius 3 is 2.45 bits per heavy atom. The molecule has 0 fully saturated rings. The lowest BCUT2D eigenvalue weighted by Gasteiger charge is -2.17. The lowest BCUT2D eigenvalue weighted by atomic mass is 10.0. The fraction of sp³-hybridized carbons (Fsp3) is 0.312. The molecule has 1 amide bonds. The smallest absolute Gasteiger partial charge is 0.254 e. The number of halogens is 1. The first-order valence-electron chi connectivity index (χ1n) is 6.55. The first-order chi connectivity index (χ1) is 9.47. The Hall–Kier alpha value is -1.13. The molecule has 4 heteroatoms. The first kappa shape index (κ1) is 15.3. The van der Waals surface area contributed by atoms with E-state index in [0.29, 0.717) is 12.5 Å². The van der Waals surface area contributed by atoms with Crippen LogP contribution in [-0.4, -0.2) is 17.9 Å². The molecule has 0 aliphatic carbocycles. The Kier molecular flexibility index (Phi) is 5.00. The van der Waals surface area contributed by atoms with Crippen molar-refractivity contribution in [2.75, 3.05) is 7.05 Å². The Morgan fingerprint density at radius 2 is 1.95 bits per heavy atom. The zero-order chi connectivity index (χ0) is 14.7. The number of carbonyl (C=O) groups excluding carboxylic acids is 1. The molecule has 0 saturated carbocycles. The highest BCUT2D eigenvalue weighted by Crippen LogP contribution is 2.22. The number of nitrogens with zero attached hydrogens (tertiary/aromatic N) is 1. The van der Waals surface area contributed by atoms with Crippen LogP contribution in [0.15, 0.2) is 39.5 Å². The van der Waals surface area contributed by atoms with E-state index in [9.17, 15) is 4.79 Å². The normalized spacial score (nSPS) is 10.8. The summed E-state index contributed by atoms with van der Waals surface area (Å²) in [6, 6.07) is 10.3. The van der Waals surface area contributed by atoms with E-state index in [1.54, 1.807) is 4.90 Å². The van der Waals surface area contributed by atoms with Crippen LogP contribution in [0, 0.1) is 0 Å². The van der Waals surface area contributed by atoms with E-state index in [1.807, 2.05) is 18.5 Å². The van der Waals surface area contributed by atoms with Crippen LogP contribution in [0.3, 0.4) is 0 Å².